The quantitative estimate of drug-likeness (QED) is 0.741. The Kier molecular flexibility index (Phi) is 6.63. The molecule has 2 N–H and O–H groups in total. The van der Waals surface area contributed by atoms with Crippen LogP contribution in [0.15, 0.2) is 29.6 Å². The fourth-order valence-electron chi connectivity index (χ4n) is 3.29. The van der Waals surface area contributed by atoms with E-state index in [1.807, 2.05) is 17.5 Å². The molecule has 1 aliphatic rings. The Morgan fingerprint density at radius 2 is 2.15 bits per heavy atom. The molecule has 0 aliphatic carbocycles. The maximum atomic E-state index is 12.4. The van der Waals surface area contributed by atoms with E-state index in [-0.39, 0.29) is 11.9 Å². The van der Waals surface area contributed by atoms with Crippen LogP contribution in [-0.2, 0) is 11.2 Å². The number of aromatic nitrogens is 1. The number of carbonyl (C=O) groups excluding carboxylic acids is 1. The molecule has 1 aromatic heterocycles. The molecule has 0 saturated carbocycles. The fourth-order valence-corrected chi connectivity index (χ4v) is 4.02. The van der Waals surface area contributed by atoms with E-state index in [1.54, 1.807) is 0 Å². The third kappa shape index (κ3) is 5.54. The zero-order valence-electron chi connectivity index (χ0n) is 15.6. The summed E-state index contributed by atoms with van der Waals surface area (Å²) in [7, 11) is 0. The van der Waals surface area contributed by atoms with Gasteiger partial charge in [-0.2, -0.15) is 0 Å². The maximum Gasteiger partial charge on any atom is 0.226 e. The van der Waals surface area contributed by atoms with E-state index in [1.165, 1.54) is 29.7 Å². The van der Waals surface area contributed by atoms with Crippen LogP contribution in [0.25, 0.3) is 0 Å². The highest BCUT2D eigenvalue weighted by atomic mass is 32.1. The number of amides is 1. The molecule has 2 heterocycles. The van der Waals surface area contributed by atoms with Gasteiger partial charge in [-0.1, -0.05) is 19.1 Å². The van der Waals surface area contributed by atoms with Crippen LogP contribution in [0, 0.1) is 6.92 Å². The van der Waals surface area contributed by atoms with Crippen LogP contribution < -0.4 is 10.6 Å². The number of rotatable bonds is 8. The third-order valence-electron chi connectivity index (χ3n) is 4.70. The second kappa shape index (κ2) is 9.14. The molecule has 1 amide bonds. The summed E-state index contributed by atoms with van der Waals surface area (Å²) in [5.41, 5.74) is 3.04. The first-order valence-electron chi connectivity index (χ1n) is 9.42. The van der Waals surface area contributed by atoms with E-state index in [0.717, 1.165) is 42.6 Å². The lowest BCUT2D eigenvalue weighted by Crippen LogP contribution is -2.43. The van der Waals surface area contributed by atoms with Crippen LogP contribution in [0.3, 0.4) is 0 Å². The highest BCUT2D eigenvalue weighted by Gasteiger charge is 2.18. The summed E-state index contributed by atoms with van der Waals surface area (Å²) in [6.45, 7) is 7.47. The molecular weight excluding hydrogens is 344 g/mol. The van der Waals surface area contributed by atoms with Gasteiger partial charge in [0.1, 0.15) is 0 Å². The van der Waals surface area contributed by atoms with Crippen LogP contribution in [0.4, 0.5) is 10.8 Å². The normalized spacial score (nSPS) is 15.8. The van der Waals surface area contributed by atoms with Gasteiger partial charge < -0.3 is 15.5 Å². The second-order valence-corrected chi connectivity index (χ2v) is 7.85. The van der Waals surface area contributed by atoms with Gasteiger partial charge in [0.15, 0.2) is 5.13 Å². The fraction of sp³-hybridized carbons (Fsp3) is 0.500. The number of hydrogen-bond donors (Lipinski definition) is 2. The average molecular weight is 373 g/mol. The van der Waals surface area contributed by atoms with Crippen molar-refractivity contribution >= 4 is 28.1 Å². The number of nitrogens with one attached hydrogen (secondary N) is 2. The molecular formula is C20H28N4OS. The van der Waals surface area contributed by atoms with Gasteiger partial charge >= 0.3 is 0 Å². The van der Waals surface area contributed by atoms with E-state index < -0.39 is 0 Å². The molecule has 1 aromatic carbocycles. The van der Waals surface area contributed by atoms with Crippen molar-refractivity contribution in [2.75, 3.05) is 25.0 Å². The molecule has 0 unspecified atom stereocenters. The van der Waals surface area contributed by atoms with E-state index in [2.05, 4.69) is 46.5 Å². The minimum atomic E-state index is 0.0588. The van der Waals surface area contributed by atoms with Gasteiger partial charge in [-0.3, -0.25) is 4.79 Å². The topological polar surface area (TPSA) is 57.3 Å². The van der Waals surface area contributed by atoms with Crippen molar-refractivity contribution in [3.63, 3.8) is 0 Å². The largest absolute Gasteiger partial charge is 0.352 e. The van der Waals surface area contributed by atoms with Gasteiger partial charge in [0, 0.05) is 23.7 Å². The van der Waals surface area contributed by atoms with Gasteiger partial charge in [-0.25, -0.2) is 4.98 Å². The van der Waals surface area contributed by atoms with Crippen LogP contribution in [-0.4, -0.2) is 41.5 Å². The summed E-state index contributed by atoms with van der Waals surface area (Å²) in [5.74, 6) is 0.0588. The van der Waals surface area contributed by atoms with Crippen molar-refractivity contribution in [1.29, 1.82) is 0 Å². The molecule has 0 spiro atoms. The Morgan fingerprint density at radius 3 is 2.88 bits per heavy atom. The van der Waals surface area contributed by atoms with Crippen LogP contribution in [0.2, 0.25) is 0 Å². The SMILES string of the molecule is CC[C@H](CN1CCCC1)NC(=O)Cc1csc(Nc2cccc(C)c2)n1. The first-order chi connectivity index (χ1) is 12.6. The molecule has 140 valence electrons. The van der Waals surface area contributed by atoms with Gasteiger partial charge in [0.25, 0.3) is 0 Å². The number of anilines is 2. The van der Waals surface area contributed by atoms with Gasteiger partial charge in [0.05, 0.1) is 12.1 Å². The van der Waals surface area contributed by atoms with E-state index >= 15 is 0 Å². The predicted molar refractivity (Wildman–Crippen MR) is 108 cm³/mol. The highest BCUT2D eigenvalue weighted by molar-refractivity contribution is 7.13. The highest BCUT2D eigenvalue weighted by Crippen LogP contribution is 2.21. The van der Waals surface area contributed by atoms with Crippen molar-refractivity contribution in [3.8, 4) is 0 Å². The third-order valence-corrected chi connectivity index (χ3v) is 5.50. The maximum absolute atomic E-state index is 12.4. The Labute approximate surface area is 159 Å². The Morgan fingerprint density at radius 1 is 1.35 bits per heavy atom. The summed E-state index contributed by atoms with van der Waals surface area (Å²) >= 11 is 1.53. The zero-order valence-corrected chi connectivity index (χ0v) is 16.4. The van der Waals surface area contributed by atoms with E-state index in [0.29, 0.717) is 6.42 Å². The summed E-state index contributed by atoms with van der Waals surface area (Å²) in [5, 5.41) is 9.26. The number of thiazole rings is 1. The first kappa shape index (κ1) is 18.9. The number of nitrogens with zero attached hydrogens (tertiary/aromatic N) is 2. The smallest absolute Gasteiger partial charge is 0.226 e. The lowest BCUT2D eigenvalue weighted by Gasteiger charge is -2.23. The molecule has 3 rings (SSSR count). The minimum Gasteiger partial charge on any atom is -0.352 e. The lowest BCUT2D eigenvalue weighted by molar-refractivity contribution is -0.121. The molecule has 1 saturated heterocycles. The monoisotopic (exact) mass is 372 g/mol. The average Bonchev–Trinajstić information content (AvgIpc) is 3.26. The van der Waals surface area contributed by atoms with Crippen molar-refractivity contribution in [1.82, 2.24) is 15.2 Å². The van der Waals surface area contributed by atoms with E-state index in [4.69, 9.17) is 0 Å². The summed E-state index contributed by atoms with van der Waals surface area (Å²) in [4.78, 5) is 19.4. The van der Waals surface area contributed by atoms with E-state index in [9.17, 15) is 4.79 Å². The molecule has 26 heavy (non-hydrogen) atoms. The number of carbonyl (C=O) groups is 1. The van der Waals surface area contributed by atoms with Crippen LogP contribution in [0.1, 0.15) is 37.4 Å². The molecule has 1 fully saturated rings. The van der Waals surface area contributed by atoms with Crippen LogP contribution >= 0.6 is 11.3 Å². The number of hydrogen-bond acceptors (Lipinski definition) is 5. The summed E-state index contributed by atoms with van der Waals surface area (Å²) < 4.78 is 0. The molecule has 5 nitrogen and oxygen atoms in total. The first-order valence-corrected chi connectivity index (χ1v) is 10.3. The predicted octanol–water partition coefficient (Wildman–Crippen LogP) is 3.73. The number of benzene rings is 1. The summed E-state index contributed by atoms with van der Waals surface area (Å²) in [6, 6.07) is 8.41. The Hall–Kier alpha value is -1.92. The molecule has 0 radical (unpaired) electrons. The minimum absolute atomic E-state index is 0.0588. The standard InChI is InChI=1S/C20H28N4OS/c1-3-16(13-24-9-4-5-10-24)21-19(25)12-18-14-26-20(23-18)22-17-8-6-7-15(2)11-17/h6-8,11,14,16H,3-5,9-10,12-13H2,1-2H3,(H,21,25)(H,22,23)/t16-/m1/s1. The Balaban J connectivity index is 1.50. The molecule has 2 aromatic rings. The van der Waals surface area contributed by atoms with Crippen molar-refractivity contribution in [2.45, 2.75) is 45.6 Å². The molecule has 1 aliphatic heterocycles. The molecule has 6 heteroatoms. The Bertz CT molecular complexity index is 724. The van der Waals surface area contributed by atoms with Crippen LogP contribution in [0.5, 0.6) is 0 Å². The lowest BCUT2D eigenvalue weighted by atomic mass is 10.2. The molecule has 1 atom stereocenters. The van der Waals surface area contributed by atoms with Crippen molar-refractivity contribution in [3.05, 3.63) is 40.9 Å². The number of likely N-dealkylation sites (tertiary alicyclic amines) is 1. The van der Waals surface area contributed by atoms with Gasteiger partial charge in [-0.15, -0.1) is 11.3 Å². The number of aryl methyl sites for hydroxylation is 1. The molecule has 0 bridgehead atoms. The van der Waals surface area contributed by atoms with Crippen molar-refractivity contribution in [2.24, 2.45) is 0 Å². The second-order valence-electron chi connectivity index (χ2n) is 7.00. The van der Waals surface area contributed by atoms with Gasteiger partial charge in [-0.05, 0) is 57.0 Å². The summed E-state index contributed by atoms with van der Waals surface area (Å²) in [6.07, 6.45) is 3.85. The van der Waals surface area contributed by atoms with Gasteiger partial charge in [0.2, 0.25) is 5.91 Å². The van der Waals surface area contributed by atoms with Crippen molar-refractivity contribution < 1.29 is 4.79 Å². The zero-order chi connectivity index (χ0) is 18.4.